The molecule has 0 atom stereocenters. The number of rotatable bonds is 0. The highest BCUT2D eigenvalue weighted by molar-refractivity contribution is 5.95. The smallest absolute Gasteiger partial charge is 0.410 e. The molecule has 1 aromatic rings. The van der Waals surface area contributed by atoms with Crippen molar-refractivity contribution in [2.24, 2.45) is 0 Å². The number of carbonyl (C=O) groups excluding carboxylic acids is 2. The normalized spacial score (nSPS) is 20.0. The number of carbonyl (C=O) groups is 2. The number of likely N-dealkylation sites (tertiary alicyclic amines) is 1. The summed E-state index contributed by atoms with van der Waals surface area (Å²) in [5.74, 6) is 0.369. The maximum absolute atomic E-state index is 12.1. The van der Waals surface area contributed by atoms with E-state index in [1.54, 1.807) is 11.0 Å². The average molecular weight is 329 g/mol. The molecule has 3 aliphatic heterocycles. The van der Waals surface area contributed by atoms with Gasteiger partial charge in [-0.15, -0.1) is 0 Å². The van der Waals surface area contributed by atoms with E-state index in [4.69, 9.17) is 14.2 Å². The molecule has 3 aliphatic rings. The minimum atomic E-state index is -0.551. The van der Waals surface area contributed by atoms with E-state index in [0.717, 1.165) is 11.1 Å². The summed E-state index contributed by atoms with van der Waals surface area (Å²) in [7, 11) is 0. The number of amides is 1. The van der Waals surface area contributed by atoms with Crippen molar-refractivity contribution < 1.29 is 23.8 Å². The third kappa shape index (κ3) is 2.33. The summed E-state index contributed by atoms with van der Waals surface area (Å²) in [6, 6.07) is 3.62. The first kappa shape index (κ1) is 15.1. The molecule has 0 bridgehead atoms. The van der Waals surface area contributed by atoms with Crippen LogP contribution in [0.5, 0.6) is 5.75 Å². The Kier molecular flexibility index (Phi) is 2.98. The minimum Gasteiger partial charge on any atom is -0.478 e. The second kappa shape index (κ2) is 4.75. The number of nitrogens with zero attached hydrogens (tertiary/aromatic N) is 1. The monoisotopic (exact) mass is 329 g/mol. The van der Waals surface area contributed by atoms with Gasteiger partial charge in [0.25, 0.3) is 0 Å². The third-order valence-electron chi connectivity index (χ3n) is 4.30. The standard InChI is InChI=1S/C18H19NO5/c1-17(2,3)24-16(21)19-9-18(10-19)7-6-11-4-5-12-13(14(11)23-18)8-22-15(12)20/h4-7H,8-10H2,1-3H3. The second-order valence-corrected chi connectivity index (χ2v) is 7.42. The van der Waals surface area contributed by atoms with Crippen molar-refractivity contribution in [3.63, 3.8) is 0 Å². The van der Waals surface area contributed by atoms with Crippen LogP contribution in [0.1, 0.15) is 42.3 Å². The van der Waals surface area contributed by atoms with Crippen LogP contribution in [0.15, 0.2) is 18.2 Å². The Hall–Kier alpha value is -2.50. The van der Waals surface area contributed by atoms with E-state index in [0.29, 0.717) is 24.4 Å². The summed E-state index contributed by atoms with van der Waals surface area (Å²) in [6.07, 6.45) is 3.61. The number of fused-ring (bicyclic) bond motifs is 3. The zero-order chi connectivity index (χ0) is 17.1. The first-order valence-electron chi connectivity index (χ1n) is 7.96. The first-order chi connectivity index (χ1) is 11.3. The molecule has 126 valence electrons. The Morgan fingerprint density at radius 3 is 2.75 bits per heavy atom. The van der Waals surface area contributed by atoms with Crippen molar-refractivity contribution in [1.82, 2.24) is 4.90 Å². The number of hydrogen-bond acceptors (Lipinski definition) is 5. The molecule has 6 heteroatoms. The number of hydrogen-bond donors (Lipinski definition) is 0. The lowest BCUT2D eigenvalue weighted by molar-refractivity contribution is -0.0569. The minimum absolute atomic E-state index is 0.233. The quantitative estimate of drug-likeness (QED) is 0.685. The number of esters is 1. The van der Waals surface area contributed by atoms with E-state index in [1.165, 1.54) is 0 Å². The molecule has 0 aromatic heterocycles. The maximum Gasteiger partial charge on any atom is 0.410 e. The highest BCUT2D eigenvalue weighted by Gasteiger charge is 2.49. The topological polar surface area (TPSA) is 65.1 Å². The lowest BCUT2D eigenvalue weighted by atomic mass is 9.89. The zero-order valence-electron chi connectivity index (χ0n) is 13.9. The van der Waals surface area contributed by atoms with Gasteiger partial charge in [0.05, 0.1) is 18.7 Å². The van der Waals surface area contributed by atoms with Gasteiger partial charge in [0, 0.05) is 11.1 Å². The van der Waals surface area contributed by atoms with Crippen molar-refractivity contribution >= 4 is 18.1 Å². The van der Waals surface area contributed by atoms with Crippen molar-refractivity contribution in [2.45, 2.75) is 38.6 Å². The van der Waals surface area contributed by atoms with Crippen molar-refractivity contribution in [2.75, 3.05) is 13.1 Å². The van der Waals surface area contributed by atoms with Crippen molar-refractivity contribution in [1.29, 1.82) is 0 Å². The van der Waals surface area contributed by atoms with Gasteiger partial charge in [-0.1, -0.05) is 12.1 Å². The van der Waals surface area contributed by atoms with Gasteiger partial charge in [0.15, 0.2) is 5.60 Å². The molecule has 1 aromatic carbocycles. The van der Waals surface area contributed by atoms with Crippen LogP contribution in [-0.2, 0) is 16.1 Å². The van der Waals surface area contributed by atoms with Crippen molar-refractivity contribution in [3.05, 3.63) is 34.9 Å². The van der Waals surface area contributed by atoms with E-state index in [-0.39, 0.29) is 18.7 Å². The van der Waals surface area contributed by atoms with Crippen LogP contribution < -0.4 is 4.74 Å². The SMILES string of the molecule is CC(C)(C)OC(=O)N1CC2(C=Cc3ccc4c(c3O2)COC4=O)C1. The van der Waals surface area contributed by atoms with Crippen molar-refractivity contribution in [3.8, 4) is 5.75 Å². The molecule has 1 amide bonds. The molecule has 1 fully saturated rings. The summed E-state index contributed by atoms with van der Waals surface area (Å²) < 4.78 is 16.7. The molecule has 0 saturated carbocycles. The van der Waals surface area contributed by atoms with Crippen LogP contribution in [0.25, 0.3) is 6.08 Å². The summed E-state index contributed by atoms with van der Waals surface area (Å²) in [5.41, 5.74) is 1.20. The molecule has 0 N–H and O–H groups in total. The first-order valence-corrected chi connectivity index (χ1v) is 7.96. The Labute approximate surface area is 140 Å². The van der Waals surface area contributed by atoms with Crippen LogP contribution >= 0.6 is 0 Å². The summed E-state index contributed by atoms with van der Waals surface area (Å²) >= 11 is 0. The Bertz CT molecular complexity index is 768. The molecule has 0 unspecified atom stereocenters. The Morgan fingerprint density at radius 2 is 2.04 bits per heavy atom. The highest BCUT2D eigenvalue weighted by Crippen LogP contribution is 2.42. The molecule has 0 aliphatic carbocycles. The fourth-order valence-corrected chi connectivity index (χ4v) is 3.15. The lowest BCUT2D eigenvalue weighted by Gasteiger charge is -2.49. The summed E-state index contributed by atoms with van der Waals surface area (Å²) in [6.45, 7) is 6.61. The highest BCUT2D eigenvalue weighted by atomic mass is 16.6. The van der Waals surface area contributed by atoms with E-state index in [1.807, 2.05) is 39.0 Å². The van der Waals surface area contributed by atoms with E-state index >= 15 is 0 Å². The van der Waals surface area contributed by atoms with Crippen LogP contribution in [-0.4, -0.2) is 41.3 Å². The number of cyclic esters (lactones) is 1. The molecule has 6 nitrogen and oxygen atoms in total. The van der Waals surface area contributed by atoms with Crippen LogP contribution in [0.4, 0.5) is 4.79 Å². The second-order valence-electron chi connectivity index (χ2n) is 7.42. The molecular formula is C18H19NO5. The van der Waals surface area contributed by atoms with Gasteiger partial charge in [0.1, 0.15) is 18.0 Å². The van der Waals surface area contributed by atoms with E-state index < -0.39 is 11.2 Å². The van der Waals surface area contributed by atoms with Gasteiger partial charge in [-0.2, -0.15) is 0 Å². The van der Waals surface area contributed by atoms with E-state index in [2.05, 4.69) is 0 Å². The molecule has 4 rings (SSSR count). The number of benzene rings is 1. The lowest BCUT2D eigenvalue weighted by Crippen LogP contribution is -2.66. The largest absolute Gasteiger partial charge is 0.478 e. The van der Waals surface area contributed by atoms with Crippen LogP contribution in [0.3, 0.4) is 0 Å². The summed E-state index contributed by atoms with van der Waals surface area (Å²) in [5, 5.41) is 0. The molecule has 1 spiro atoms. The zero-order valence-corrected chi connectivity index (χ0v) is 13.9. The number of ether oxygens (including phenoxy) is 3. The van der Waals surface area contributed by atoms with Gasteiger partial charge < -0.3 is 14.2 Å². The molecular weight excluding hydrogens is 310 g/mol. The predicted octanol–water partition coefficient (Wildman–Crippen LogP) is 2.75. The van der Waals surface area contributed by atoms with Crippen LogP contribution in [0, 0.1) is 0 Å². The Balaban J connectivity index is 1.53. The molecule has 0 radical (unpaired) electrons. The fourth-order valence-electron chi connectivity index (χ4n) is 3.15. The van der Waals surface area contributed by atoms with Gasteiger partial charge in [-0.3, -0.25) is 4.90 Å². The van der Waals surface area contributed by atoms with Crippen LogP contribution in [0.2, 0.25) is 0 Å². The maximum atomic E-state index is 12.1. The molecule has 3 heterocycles. The Morgan fingerprint density at radius 1 is 1.29 bits per heavy atom. The third-order valence-corrected chi connectivity index (χ3v) is 4.30. The fraction of sp³-hybridized carbons (Fsp3) is 0.444. The average Bonchev–Trinajstić information content (AvgIpc) is 2.84. The van der Waals surface area contributed by atoms with E-state index in [9.17, 15) is 9.59 Å². The van der Waals surface area contributed by atoms with Gasteiger partial charge >= 0.3 is 12.1 Å². The molecule has 24 heavy (non-hydrogen) atoms. The van der Waals surface area contributed by atoms with Gasteiger partial charge in [0.2, 0.25) is 0 Å². The predicted molar refractivity (Wildman–Crippen MR) is 85.8 cm³/mol. The van der Waals surface area contributed by atoms with Gasteiger partial charge in [-0.25, -0.2) is 9.59 Å². The summed E-state index contributed by atoms with van der Waals surface area (Å²) in [4.78, 5) is 25.4. The van der Waals surface area contributed by atoms with Gasteiger partial charge in [-0.05, 0) is 32.9 Å². The molecule has 1 saturated heterocycles.